The van der Waals surface area contributed by atoms with Crippen molar-refractivity contribution in [2.24, 2.45) is 0 Å². The number of hydrogen-bond donors (Lipinski definition) is 0. The predicted octanol–water partition coefficient (Wildman–Crippen LogP) is -1.92. The zero-order valence-corrected chi connectivity index (χ0v) is 6.39. The van der Waals surface area contributed by atoms with E-state index in [1.165, 1.54) is 0 Å². The maximum Gasteiger partial charge on any atom is 1.00 e. The van der Waals surface area contributed by atoms with E-state index < -0.39 is 0 Å². The summed E-state index contributed by atoms with van der Waals surface area (Å²) < 4.78 is 9.35. The molecule has 0 spiro atoms. The van der Waals surface area contributed by atoms with Gasteiger partial charge in [0.25, 0.3) is 0 Å². The van der Waals surface area contributed by atoms with Crippen molar-refractivity contribution in [2.45, 2.75) is 13.2 Å². The van der Waals surface area contributed by atoms with E-state index in [4.69, 9.17) is 0 Å². The summed E-state index contributed by atoms with van der Waals surface area (Å²) in [6.45, 7) is 1.83. The smallest absolute Gasteiger partial charge is 0.358 e. The van der Waals surface area contributed by atoms with Gasteiger partial charge in [0, 0.05) is 14.2 Å². The first-order valence-corrected chi connectivity index (χ1v) is 1.87. The molecule has 0 aliphatic rings. The molecular formula is C5H13LiO2. The monoisotopic (exact) mass is 112 g/mol. The summed E-state index contributed by atoms with van der Waals surface area (Å²) in [6, 6.07) is 0. The fourth-order valence-electron chi connectivity index (χ4n) is 0.0962. The van der Waals surface area contributed by atoms with Gasteiger partial charge in [-0.3, -0.25) is 0 Å². The van der Waals surface area contributed by atoms with E-state index in [9.17, 15) is 0 Å². The van der Waals surface area contributed by atoms with E-state index in [0.29, 0.717) is 0 Å². The van der Waals surface area contributed by atoms with Crippen LogP contribution in [0, 0.1) is 7.43 Å². The molecule has 0 heterocycles. The molecule has 0 rings (SSSR count). The van der Waals surface area contributed by atoms with Crippen LogP contribution in [0.2, 0.25) is 0 Å². The first-order chi connectivity index (χ1) is 2.81. The number of methoxy groups -OCH3 is 2. The molecular weight excluding hydrogens is 99.0 g/mol. The maximum absolute atomic E-state index is 4.68. The number of rotatable bonds is 2. The SMILES string of the molecule is COC(C)OC.[CH3-].[Li+]. The minimum atomic E-state index is -0.0648. The van der Waals surface area contributed by atoms with Gasteiger partial charge in [-0.1, -0.05) is 0 Å². The van der Waals surface area contributed by atoms with E-state index in [-0.39, 0.29) is 32.6 Å². The van der Waals surface area contributed by atoms with Crippen molar-refractivity contribution >= 4 is 0 Å². The predicted molar refractivity (Wildman–Crippen MR) is 29.9 cm³/mol. The first-order valence-electron chi connectivity index (χ1n) is 1.87. The summed E-state index contributed by atoms with van der Waals surface area (Å²) >= 11 is 0. The Hall–Kier alpha value is 0.517. The topological polar surface area (TPSA) is 18.5 Å². The first kappa shape index (κ1) is 15.8. The van der Waals surface area contributed by atoms with Crippen molar-refractivity contribution in [3.05, 3.63) is 7.43 Å². The van der Waals surface area contributed by atoms with Crippen molar-refractivity contribution in [1.29, 1.82) is 0 Å². The molecule has 3 heteroatoms. The quantitative estimate of drug-likeness (QED) is 0.235. The molecule has 8 heavy (non-hydrogen) atoms. The van der Waals surface area contributed by atoms with Gasteiger partial charge in [-0.2, -0.15) is 0 Å². The van der Waals surface area contributed by atoms with E-state index >= 15 is 0 Å². The minimum Gasteiger partial charge on any atom is -0.358 e. The second-order valence-corrected chi connectivity index (χ2v) is 1.04. The summed E-state index contributed by atoms with van der Waals surface area (Å²) in [7, 11) is 3.21. The molecule has 46 valence electrons. The van der Waals surface area contributed by atoms with Gasteiger partial charge < -0.3 is 16.9 Å². The van der Waals surface area contributed by atoms with Gasteiger partial charge in [0.15, 0.2) is 6.29 Å². The molecule has 0 N–H and O–H groups in total. The molecule has 0 saturated carbocycles. The van der Waals surface area contributed by atoms with Crippen LogP contribution in [-0.2, 0) is 9.47 Å². The van der Waals surface area contributed by atoms with Crippen LogP contribution in [0.15, 0.2) is 0 Å². The number of ether oxygens (including phenoxy) is 2. The fourth-order valence-corrected chi connectivity index (χ4v) is 0.0962. The van der Waals surface area contributed by atoms with Crippen molar-refractivity contribution < 1.29 is 28.3 Å². The Kier molecular flexibility index (Phi) is 20.7. The molecule has 0 saturated heterocycles. The molecule has 0 aromatic carbocycles. The third-order valence-electron chi connectivity index (χ3n) is 0.664. The van der Waals surface area contributed by atoms with Crippen molar-refractivity contribution in [1.82, 2.24) is 0 Å². The molecule has 0 bridgehead atoms. The van der Waals surface area contributed by atoms with Crippen LogP contribution in [0.3, 0.4) is 0 Å². The van der Waals surface area contributed by atoms with Crippen LogP contribution in [0.1, 0.15) is 6.92 Å². The van der Waals surface area contributed by atoms with Crippen molar-refractivity contribution in [3.8, 4) is 0 Å². The molecule has 0 amide bonds. The summed E-state index contributed by atoms with van der Waals surface area (Å²) in [4.78, 5) is 0. The van der Waals surface area contributed by atoms with Crippen LogP contribution in [0.4, 0.5) is 0 Å². The maximum atomic E-state index is 4.68. The van der Waals surface area contributed by atoms with Crippen LogP contribution in [0.5, 0.6) is 0 Å². The third kappa shape index (κ3) is 9.72. The van der Waals surface area contributed by atoms with Crippen molar-refractivity contribution in [3.63, 3.8) is 0 Å². The Morgan fingerprint density at radius 3 is 1.38 bits per heavy atom. The van der Waals surface area contributed by atoms with Gasteiger partial charge >= 0.3 is 18.9 Å². The second kappa shape index (κ2) is 10.5. The molecule has 0 fully saturated rings. The van der Waals surface area contributed by atoms with E-state index in [1.807, 2.05) is 6.92 Å². The minimum absolute atomic E-state index is 0. The fraction of sp³-hybridized carbons (Fsp3) is 0.800. The van der Waals surface area contributed by atoms with Crippen molar-refractivity contribution in [2.75, 3.05) is 14.2 Å². The Labute approximate surface area is 63.7 Å². The van der Waals surface area contributed by atoms with E-state index in [0.717, 1.165) is 0 Å². The van der Waals surface area contributed by atoms with E-state index in [2.05, 4.69) is 9.47 Å². The summed E-state index contributed by atoms with van der Waals surface area (Å²) in [5.74, 6) is 0. The Morgan fingerprint density at radius 1 is 1.12 bits per heavy atom. The van der Waals surface area contributed by atoms with Gasteiger partial charge in [-0.15, -0.1) is 0 Å². The van der Waals surface area contributed by atoms with Crippen LogP contribution >= 0.6 is 0 Å². The summed E-state index contributed by atoms with van der Waals surface area (Å²) in [6.07, 6.45) is -0.0648. The van der Waals surface area contributed by atoms with Crippen LogP contribution in [0.25, 0.3) is 0 Å². The second-order valence-electron chi connectivity index (χ2n) is 1.04. The third-order valence-corrected chi connectivity index (χ3v) is 0.664. The van der Waals surface area contributed by atoms with Gasteiger partial charge in [-0.25, -0.2) is 0 Å². The molecule has 0 unspecified atom stereocenters. The molecule has 0 aliphatic carbocycles. The van der Waals surface area contributed by atoms with Gasteiger partial charge in [0.1, 0.15) is 0 Å². The number of hydrogen-bond acceptors (Lipinski definition) is 2. The molecule has 0 aliphatic heterocycles. The Balaban J connectivity index is -0.000000125. The normalized spacial score (nSPS) is 7.50. The zero-order valence-electron chi connectivity index (χ0n) is 6.39. The Morgan fingerprint density at radius 2 is 1.38 bits per heavy atom. The molecule has 0 aromatic heterocycles. The largest absolute Gasteiger partial charge is 1.00 e. The van der Waals surface area contributed by atoms with Gasteiger partial charge in [0.2, 0.25) is 0 Å². The average Bonchev–Trinajstić information content (AvgIpc) is 1.65. The summed E-state index contributed by atoms with van der Waals surface area (Å²) in [5, 5.41) is 0. The molecule has 0 radical (unpaired) electrons. The zero-order chi connectivity index (χ0) is 4.99. The molecule has 0 atom stereocenters. The van der Waals surface area contributed by atoms with Gasteiger partial charge in [0.05, 0.1) is 0 Å². The van der Waals surface area contributed by atoms with Crippen LogP contribution < -0.4 is 18.9 Å². The molecule has 0 aromatic rings. The summed E-state index contributed by atoms with van der Waals surface area (Å²) in [5.41, 5.74) is 0. The van der Waals surface area contributed by atoms with Gasteiger partial charge in [-0.05, 0) is 6.92 Å². The molecule has 2 nitrogen and oxygen atoms in total. The van der Waals surface area contributed by atoms with Crippen LogP contribution in [-0.4, -0.2) is 20.5 Å². The Bertz CT molecular complexity index is 29.6. The average molecular weight is 112 g/mol. The van der Waals surface area contributed by atoms with E-state index in [1.54, 1.807) is 14.2 Å². The standard InChI is InChI=1S/C4H10O2.CH3.Li/c1-4(5-2)6-3;;/h4H,1-3H3;1H3;/q;-1;+1.